The van der Waals surface area contributed by atoms with Crippen LogP contribution in [0, 0.1) is 41.5 Å². The molecule has 3 N–H and O–H groups in total. The van der Waals surface area contributed by atoms with Gasteiger partial charge in [0.2, 0.25) is 17.8 Å². The Hall–Kier alpha value is -11.8. The minimum atomic E-state index is -0.0992. The topological polar surface area (TPSA) is 225 Å². The van der Waals surface area contributed by atoms with E-state index in [0.29, 0.717) is 94.4 Å². The Morgan fingerprint density at radius 1 is 0.374 bits per heavy atom. The van der Waals surface area contributed by atoms with Gasteiger partial charge in [-0.15, -0.1) is 0 Å². The van der Waals surface area contributed by atoms with E-state index in [1.54, 1.807) is 14.7 Å². The van der Waals surface area contributed by atoms with Crippen molar-refractivity contribution in [2.24, 2.45) is 0 Å². The number of benzene rings is 6. The second-order valence-electron chi connectivity index (χ2n) is 28.3. The zero-order valence-electron chi connectivity index (χ0n) is 62.1. The standard InChI is InChI=1S/2C29H33N7O2.C24H25N5O2/c2*1-20-7-6-8-21(2)26(20)36-19-22-18-30-28-31-23-9-10-24(34-14-12-33(3)13-15-34)25(17-23)38-16-5-4-11-35(29(36)37)27(22)32-28;1-16-7-5-8-17(2)21(16)29-15-18-14-25-23-26-19-9-6-10-20(13-19)31-12-4-3-11-28(24(29)30)22(18)27-23/h2*4-10,17-18H,11-16,19H2,1-3H3,(H,30,31,32);5-10,13-14H,3-4,11-12,15H2,1-2H3,(H,25,26,27)/b5-4+;5-4-;. The van der Waals surface area contributed by atoms with Crippen molar-refractivity contribution < 1.29 is 28.6 Å². The van der Waals surface area contributed by atoms with Crippen LogP contribution >= 0.6 is 0 Å². The zero-order chi connectivity index (χ0) is 73.8. The van der Waals surface area contributed by atoms with Crippen LogP contribution in [0.15, 0.2) is 158 Å². The molecule has 0 atom stereocenters. The van der Waals surface area contributed by atoms with E-state index < -0.39 is 0 Å². The number of ether oxygens (including phenoxy) is 3. The van der Waals surface area contributed by atoms with Gasteiger partial charge in [-0.25, -0.2) is 29.3 Å². The Morgan fingerprint density at radius 3 is 1.16 bits per heavy atom. The SMILES string of the molecule is Cc1cccc(C)c1N1Cc2cnc3nc2N(C/C=C/COc2cc(ccc2N2CCN(C)CC2)N3)C1=O.Cc1cccc(C)c1N1Cc2cnc3nc2N(C/C=C\COc2cc(ccc2N2CCN(C)CC2)N3)C1=O.Cc1cccc(C)c1N1Cc2cnc3nc2N(CCCCOc2cccc(c2)N3)C1=O. The number of urea groups is 3. The van der Waals surface area contributed by atoms with Crippen molar-refractivity contribution >= 4 is 98.9 Å². The number of nitrogens with one attached hydrogen (secondary N) is 3. The van der Waals surface area contributed by atoms with Crippen LogP contribution in [0.4, 0.5) is 95.2 Å². The van der Waals surface area contributed by atoms with Crippen LogP contribution in [0.5, 0.6) is 17.2 Å². The summed E-state index contributed by atoms with van der Waals surface area (Å²) in [6.45, 7) is 24.2. The van der Waals surface area contributed by atoms with E-state index in [2.05, 4.69) is 76.7 Å². The van der Waals surface area contributed by atoms with Gasteiger partial charge in [0, 0.05) is 143 Å². The number of nitrogens with zero attached hydrogens (tertiary/aromatic N) is 16. The largest absolute Gasteiger partial charge is 0.494 e. The second-order valence-corrected chi connectivity index (χ2v) is 28.3. The zero-order valence-corrected chi connectivity index (χ0v) is 62.1. The average Bonchev–Trinajstić information content (AvgIpc) is 1.68. The quantitative estimate of drug-likeness (QED) is 0.136. The molecule has 8 aliphatic heterocycles. The van der Waals surface area contributed by atoms with E-state index in [9.17, 15) is 14.4 Å². The number of hydrogen-bond acceptors (Lipinski definition) is 19. The third-order valence-corrected chi connectivity index (χ3v) is 20.6. The smallest absolute Gasteiger partial charge is 0.330 e. The van der Waals surface area contributed by atoms with Crippen molar-refractivity contribution in [3.63, 3.8) is 0 Å². The molecule has 550 valence electrons. The van der Waals surface area contributed by atoms with Gasteiger partial charge in [-0.05, 0) is 150 Å². The van der Waals surface area contributed by atoms with Gasteiger partial charge in [0.25, 0.3) is 0 Å². The Balaban J connectivity index is 0.000000129. The molecule has 2 saturated heterocycles. The Labute approximate surface area is 624 Å². The maximum absolute atomic E-state index is 13.8. The lowest BCUT2D eigenvalue weighted by Gasteiger charge is -2.37. The lowest BCUT2D eigenvalue weighted by atomic mass is 10.1. The van der Waals surface area contributed by atoms with E-state index in [1.165, 1.54) is 0 Å². The molecule has 25 nitrogen and oxygen atoms in total. The molecule has 3 aromatic heterocycles. The molecule has 17 rings (SSSR count). The van der Waals surface area contributed by atoms with E-state index >= 15 is 0 Å². The molecule has 0 spiro atoms. The predicted molar refractivity (Wildman–Crippen MR) is 423 cm³/mol. The molecular weight excluding hydrogens is 1350 g/mol. The Bertz CT molecular complexity index is 4630. The molecule has 9 aromatic rings. The molecule has 6 aromatic carbocycles. The highest BCUT2D eigenvalue weighted by Gasteiger charge is 2.38. The summed E-state index contributed by atoms with van der Waals surface area (Å²) in [5.41, 5.74) is 16.7. The molecule has 25 heteroatoms. The van der Waals surface area contributed by atoms with Crippen molar-refractivity contribution in [2.75, 3.05) is 161 Å². The summed E-state index contributed by atoms with van der Waals surface area (Å²) in [7, 11) is 4.31. The summed E-state index contributed by atoms with van der Waals surface area (Å²) in [6, 6.07) is 38.1. The number of carbonyl (C=O) groups excluding carboxylic acids is 3. The van der Waals surface area contributed by atoms with Crippen LogP contribution in [0.25, 0.3) is 0 Å². The van der Waals surface area contributed by atoms with E-state index in [1.807, 2.05) is 202 Å². The minimum Gasteiger partial charge on any atom is -0.494 e. The van der Waals surface area contributed by atoms with Crippen LogP contribution < -0.4 is 69.4 Å². The normalized spacial score (nSPS) is 17.8. The van der Waals surface area contributed by atoms with Gasteiger partial charge in [-0.2, -0.15) is 15.0 Å². The summed E-state index contributed by atoms with van der Waals surface area (Å²) in [4.78, 5) is 89.5. The number of aryl methyl sites for hydroxylation is 6. The average molecular weight is 1440 g/mol. The van der Waals surface area contributed by atoms with Gasteiger partial charge >= 0.3 is 18.1 Å². The number of aromatic nitrogens is 6. The second kappa shape index (κ2) is 31.1. The Kier molecular flexibility index (Phi) is 20.6. The molecule has 2 fully saturated rings. The summed E-state index contributed by atoms with van der Waals surface area (Å²) in [6.07, 6.45) is 15.0. The number of amides is 6. The Morgan fingerprint density at radius 2 is 0.748 bits per heavy atom. The summed E-state index contributed by atoms with van der Waals surface area (Å²) < 4.78 is 18.4. The first-order valence-corrected chi connectivity index (χ1v) is 36.8. The molecule has 8 aliphatic rings. The summed E-state index contributed by atoms with van der Waals surface area (Å²) in [5, 5.41) is 9.90. The first-order chi connectivity index (χ1) is 52.0. The molecule has 11 heterocycles. The number of likely N-dealkylation sites (N-methyl/N-ethyl adjacent to an activating group) is 2. The van der Waals surface area contributed by atoms with Gasteiger partial charge < -0.3 is 49.8 Å². The lowest BCUT2D eigenvalue weighted by Crippen LogP contribution is -2.49. The molecule has 0 unspecified atom stereocenters. The molecule has 0 radical (unpaired) electrons. The van der Waals surface area contributed by atoms with E-state index in [0.717, 1.165) is 178 Å². The van der Waals surface area contributed by atoms with Gasteiger partial charge in [0.05, 0.1) is 54.7 Å². The first kappa shape index (κ1) is 70.8. The third kappa shape index (κ3) is 15.2. The monoisotopic (exact) mass is 1440 g/mol. The number of carbonyl (C=O) groups is 3. The van der Waals surface area contributed by atoms with Crippen LogP contribution in [-0.2, 0) is 19.6 Å². The maximum Gasteiger partial charge on any atom is 0.330 e. The molecule has 0 aliphatic carbocycles. The molecule has 12 bridgehead atoms. The van der Waals surface area contributed by atoms with Crippen molar-refractivity contribution in [3.8, 4) is 17.2 Å². The first-order valence-electron chi connectivity index (χ1n) is 36.8. The number of para-hydroxylation sites is 3. The molecular formula is C82H91N19O6. The number of anilines is 14. The number of hydrogen-bond donors (Lipinski definition) is 3. The van der Waals surface area contributed by atoms with E-state index in [-0.39, 0.29) is 18.1 Å². The van der Waals surface area contributed by atoms with Crippen molar-refractivity contribution in [2.45, 2.75) is 74.0 Å². The van der Waals surface area contributed by atoms with Crippen LogP contribution in [0.3, 0.4) is 0 Å². The van der Waals surface area contributed by atoms with Gasteiger partial charge in [0.1, 0.15) is 47.9 Å². The third-order valence-electron chi connectivity index (χ3n) is 20.6. The number of rotatable bonds is 5. The number of fused-ring (bicyclic) bond motifs is 9. The van der Waals surface area contributed by atoms with Crippen LogP contribution in [0.1, 0.15) is 62.9 Å². The highest BCUT2D eigenvalue weighted by molar-refractivity contribution is 6.08. The highest BCUT2D eigenvalue weighted by atomic mass is 16.5. The number of piperazine rings is 2. The fourth-order valence-electron chi connectivity index (χ4n) is 15.0. The summed E-state index contributed by atoms with van der Waals surface area (Å²) >= 11 is 0. The van der Waals surface area contributed by atoms with Gasteiger partial charge in [-0.3, -0.25) is 29.4 Å². The lowest BCUT2D eigenvalue weighted by molar-refractivity contribution is 0.248. The molecule has 107 heavy (non-hydrogen) atoms. The van der Waals surface area contributed by atoms with Crippen LogP contribution in [-0.4, -0.2) is 164 Å². The predicted octanol–water partition coefficient (Wildman–Crippen LogP) is 13.9. The summed E-state index contributed by atoms with van der Waals surface area (Å²) in [5.74, 6) is 5.75. The highest BCUT2D eigenvalue weighted by Crippen LogP contribution is 2.41. The fraction of sp³-hybridized carbons (Fsp3) is 0.329. The van der Waals surface area contributed by atoms with Gasteiger partial charge in [-0.1, -0.05) is 72.8 Å². The molecule has 6 amide bonds. The fourth-order valence-corrected chi connectivity index (χ4v) is 15.0. The molecule has 0 saturated carbocycles. The van der Waals surface area contributed by atoms with Crippen molar-refractivity contribution in [3.05, 3.63) is 208 Å². The van der Waals surface area contributed by atoms with Gasteiger partial charge in [0.15, 0.2) is 0 Å². The van der Waals surface area contributed by atoms with Crippen molar-refractivity contribution in [1.29, 1.82) is 0 Å². The van der Waals surface area contributed by atoms with E-state index in [4.69, 9.17) is 29.2 Å². The minimum absolute atomic E-state index is 0.0501. The maximum atomic E-state index is 13.8. The van der Waals surface area contributed by atoms with Crippen molar-refractivity contribution in [1.82, 2.24) is 39.7 Å². The van der Waals surface area contributed by atoms with Crippen LogP contribution in [0.2, 0.25) is 0 Å².